The van der Waals surface area contributed by atoms with E-state index in [1.165, 1.54) is 18.2 Å². The fraction of sp³-hybridized carbons (Fsp3) is 0.143. The highest BCUT2D eigenvalue weighted by Crippen LogP contribution is 2.25. The van der Waals surface area contributed by atoms with E-state index in [1.807, 2.05) is 0 Å². The summed E-state index contributed by atoms with van der Waals surface area (Å²) in [7, 11) is -4.13. The lowest BCUT2D eigenvalue weighted by Crippen LogP contribution is -2.18. The van der Waals surface area contributed by atoms with Crippen LogP contribution >= 0.6 is 0 Å². The first-order valence-electron chi connectivity index (χ1n) is 6.12. The van der Waals surface area contributed by atoms with Crippen molar-refractivity contribution in [2.45, 2.75) is 18.4 Å². The smallest absolute Gasteiger partial charge is 0.262 e. The Morgan fingerprint density at radius 3 is 2.33 bits per heavy atom. The molecule has 0 unspecified atom stereocenters. The average molecular weight is 312 g/mol. The molecule has 2 aromatic rings. The van der Waals surface area contributed by atoms with Crippen molar-refractivity contribution in [3.63, 3.8) is 0 Å². The Bertz CT molecular complexity index is 756. The molecule has 0 spiro atoms. The van der Waals surface area contributed by atoms with Crippen molar-refractivity contribution in [2.75, 3.05) is 4.72 Å². The summed E-state index contributed by atoms with van der Waals surface area (Å²) in [5.41, 5.74) is 5.51. The lowest BCUT2D eigenvalue weighted by molar-refractivity contribution is 0.584. The first-order valence-corrected chi connectivity index (χ1v) is 7.60. The molecule has 0 heterocycles. The zero-order valence-electron chi connectivity index (χ0n) is 11.2. The number of aryl methyl sites for hydroxylation is 1. The summed E-state index contributed by atoms with van der Waals surface area (Å²) >= 11 is 0. The van der Waals surface area contributed by atoms with Crippen molar-refractivity contribution < 1.29 is 17.2 Å². The summed E-state index contributed by atoms with van der Waals surface area (Å²) in [6.45, 7) is 1.29. The number of para-hydroxylation sites is 1. The van der Waals surface area contributed by atoms with E-state index >= 15 is 0 Å². The van der Waals surface area contributed by atoms with Gasteiger partial charge in [-0.05, 0) is 30.7 Å². The third-order valence-electron chi connectivity index (χ3n) is 3.03. The van der Waals surface area contributed by atoms with Gasteiger partial charge in [0, 0.05) is 12.1 Å². The maximum absolute atomic E-state index is 13.7. The van der Waals surface area contributed by atoms with Gasteiger partial charge in [0.25, 0.3) is 10.0 Å². The van der Waals surface area contributed by atoms with Crippen LogP contribution in [0.5, 0.6) is 0 Å². The maximum Gasteiger partial charge on any atom is 0.262 e. The maximum atomic E-state index is 13.7. The van der Waals surface area contributed by atoms with Gasteiger partial charge in [-0.3, -0.25) is 4.72 Å². The fourth-order valence-corrected chi connectivity index (χ4v) is 3.34. The monoisotopic (exact) mass is 312 g/mol. The standard InChI is InChI=1S/C14H14F2N2O2S/c1-9-4-2-6-12(16)14(9)18-21(19,20)13-7-3-5-11(15)10(13)8-17/h2-7,18H,8,17H2,1H3. The van der Waals surface area contributed by atoms with Gasteiger partial charge in [0.2, 0.25) is 0 Å². The Labute approximate surface area is 121 Å². The van der Waals surface area contributed by atoms with Gasteiger partial charge in [0.05, 0.1) is 10.6 Å². The first-order chi connectivity index (χ1) is 9.86. The number of hydrogen-bond acceptors (Lipinski definition) is 3. The van der Waals surface area contributed by atoms with Gasteiger partial charge >= 0.3 is 0 Å². The molecule has 0 saturated heterocycles. The highest BCUT2D eigenvalue weighted by molar-refractivity contribution is 7.92. The van der Waals surface area contributed by atoms with Crippen LogP contribution in [0, 0.1) is 18.6 Å². The second-order valence-electron chi connectivity index (χ2n) is 4.46. The number of anilines is 1. The average Bonchev–Trinajstić information content (AvgIpc) is 2.43. The summed E-state index contributed by atoms with van der Waals surface area (Å²) < 4.78 is 54.2. The van der Waals surface area contributed by atoms with Crippen LogP contribution in [0.25, 0.3) is 0 Å². The second kappa shape index (κ2) is 5.79. The zero-order chi connectivity index (χ0) is 15.6. The van der Waals surface area contributed by atoms with Crippen LogP contribution in [-0.2, 0) is 16.6 Å². The fourth-order valence-electron chi connectivity index (χ4n) is 1.94. The number of halogens is 2. The van der Waals surface area contributed by atoms with Crippen molar-refractivity contribution in [3.05, 3.63) is 59.2 Å². The van der Waals surface area contributed by atoms with Crippen LogP contribution in [0.15, 0.2) is 41.3 Å². The molecule has 0 fully saturated rings. The number of benzene rings is 2. The lowest BCUT2D eigenvalue weighted by atomic mass is 10.2. The third kappa shape index (κ3) is 3.03. The predicted octanol–water partition coefficient (Wildman–Crippen LogP) is 2.53. The molecular weight excluding hydrogens is 298 g/mol. The highest BCUT2D eigenvalue weighted by atomic mass is 32.2. The summed E-state index contributed by atoms with van der Waals surface area (Å²) in [4.78, 5) is -0.298. The molecule has 112 valence electrons. The molecule has 4 nitrogen and oxygen atoms in total. The van der Waals surface area contributed by atoms with Crippen molar-refractivity contribution in [3.8, 4) is 0 Å². The van der Waals surface area contributed by atoms with Crippen LogP contribution in [0.4, 0.5) is 14.5 Å². The van der Waals surface area contributed by atoms with E-state index in [1.54, 1.807) is 13.0 Å². The van der Waals surface area contributed by atoms with Crippen LogP contribution in [0.2, 0.25) is 0 Å². The molecule has 0 aliphatic heterocycles. The molecule has 2 rings (SSSR count). The topological polar surface area (TPSA) is 72.2 Å². The molecule has 2 aromatic carbocycles. The van der Waals surface area contributed by atoms with Gasteiger partial charge < -0.3 is 5.73 Å². The van der Waals surface area contributed by atoms with Gasteiger partial charge in [-0.2, -0.15) is 0 Å². The minimum absolute atomic E-state index is 0.140. The molecule has 0 aromatic heterocycles. The van der Waals surface area contributed by atoms with Gasteiger partial charge in [-0.25, -0.2) is 17.2 Å². The third-order valence-corrected chi connectivity index (χ3v) is 4.46. The Morgan fingerprint density at radius 1 is 1.10 bits per heavy atom. The first kappa shape index (κ1) is 15.4. The SMILES string of the molecule is Cc1cccc(F)c1NS(=O)(=O)c1cccc(F)c1CN. The normalized spacial score (nSPS) is 11.4. The summed E-state index contributed by atoms with van der Waals surface area (Å²) in [5.74, 6) is -1.42. The Hall–Kier alpha value is -1.99. The largest absolute Gasteiger partial charge is 0.326 e. The second-order valence-corrected chi connectivity index (χ2v) is 6.11. The van der Waals surface area contributed by atoms with E-state index in [2.05, 4.69) is 4.72 Å². The zero-order valence-corrected chi connectivity index (χ0v) is 12.0. The predicted molar refractivity (Wildman–Crippen MR) is 76.2 cm³/mol. The molecule has 0 aliphatic rings. The Morgan fingerprint density at radius 2 is 1.71 bits per heavy atom. The van der Waals surface area contributed by atoms with Crippen LogP contribution < -0.4 is 10.5 Å². The van der Waals surface area contributed by atoms with E-state index < -0.39 is 21.7 Å². The summed E-state index contributed by atoms with van der Waals surface area (Å²) in [5, 5.41) is 0. The van der Waals surface area contributed by atoms with Crippen molar-refractivity contribution in [1.29, 1.82) is 0 Å². The molecule has 0 radical (unpaired) electrons. The number of nitrogens with two attached hydrogens (primary N) is 1. The Balaban J connectivity index is 2.52. The summed E-state index contributed by atoms with van der Waals surface area (Å²) in [6, 6.07) is 7.78. The number of sulfonamides is 1. The quantitative estimate of drug-likeness (QED) is 0.911. The minimum Gasteiger partial charge on any atom is -0.326 e. The number of rotatable bonds is 4. The van der Waals surface area contributed by atoms with Crippen LogP contribution in [-0.4, -0.2) is 8.42 Å². The lowest BCUT2D eigenvalue weighted by Gasteiger charge is -2.14. The molecule has 0 aliphatic carbocycles. The summed E-state index contributed by atoms with van der Waals surface area (Å²) in [6.07, 6.45) is 0. The number of hydrogen-bond donors (Lipinski definition) is 2. The van der Waals surface area contributed by atoms with Gasteiger partial charge in [0.1, 0.15) is 11.6 Å². The molecular formula is C14H14F2N2O2S. The van der Waals surface area contributed by atoms with Crippen molar-refractivity contribution >= 4 is 15.7 Å². The molecule has 7 heteroatoms. The van der Waals surface area contributed by atoms with E-state index in [-0.39, 0.29) is 22.7 Å². The van der Waals surface area contributed by atoms with Crippen molar-refractivity contribution in [1.82, 2.24) is 0 Å². The van der Waals surface area contributed by atoms with Crippen LogP contribution in [0.1, 0.15) is 11.1 Å². The number of nitrogens with one attached hydrogen (secondary N) is 1. The molecule has 0 saturated carbocycles. The van der Waals surface area contributed by atoms with E-state index in [0.717, 1.165) is 12.1 Å². The van der Waals surface area contributed by atoms with E-state index in [4.69, 9.17) is 5.73 Å². The van der Waals surface area contributed by atoms with Gasteiger partial charge in [0.15, 0.2) is 0 Å². The van der Waals surface area contributed by atoms with E-state index in [0.29, 0.717) is 5.56 Å². The minimum atomic E-state index is -4.13. The van der Waals surface area contributed by atoms with E-state index in [9.17, 15) is 17.2 Å². The van der Waals surface area contributed by atoms with Gasteiger partial charge in [-0.15, -0.1) is 0 Å². The highest BCUT2D eigenvalue weighted by Gasteiger charge is 2.22. The molecule has 21 heavy (non-hydrogen) atoms. The molecule has 0 amide bonds. The molecule has 3 N–H and O–H groups in total. The van der Waals surface area contributed by atoms with Crippen LogP contribution in [0.3, 0.4) is 0 Å². The molecule has 0 bridgehead atoms. The Kier molecular flexibility index (Phi) is 4.24. The van der Waals surface area contributed by atoms with Crippen molar-refractivity contribution in [2.24, 2.45) is 5.73 Å². The molecule has 0 atom stereocenters. The van der Waals surface area contributed by atoms with Gasteiger partial charge in [-0.1, -0.05) is 18.2 Å².